The van der Waals surface area contributed by atoms with E-state index in [0.717, 1.165) is 25.9 Å². The van der Waals surface area contributed by atoms with E-state index in [1.807, 2.05) is 40.9 Å². The molecule has 3 rings (SSSR count). The molecule has 0 saturated carbocycles. The average molecular weight is 397 g/mol. The minimum Gasteiger partial charge on any atom is -0.496 e. The van der Waals surface area contributed by atoms with Gasteiger partial charge in [0.05, 0.1) is 7.11 Å². The van der Waals surface area contributed by atoms with Crippen molar-refractivity contribution in [1.82, 2.24) is 9.38 Å². The molecule has 4 nitrogen and oxygen atoms in total. The molecule has 0 atom stereocenters. The molecule has 0 spiro atoms. The fourth-order valence-corrected chi connectivity index (χ4v) is 2.80. The number of anilines is 1. The second-order valence-electron chi connectivity index (χ2n) is 4.27. The Hall–Kier alpha value is -1.53. The van der Waals surface area contributed by atoms with Crippen LogP contribution in [0.1, 0.15) is 0 Å². The topological polar surface area (TPSA) is 52.5 Å². The zero-order valence-corrected chi connectivity index (χ0v) is 13.8. The highest BCUT2D eigenvalue weighted by atomic mass is 79.9. The molecule has 20 heavy (non-hydrogen) atoms. The number of ether oxygens (including phenoxy) is 1. The Morgan fingerprint density at radius 3 is 2.65 bits per heavy atom. The Kier molecular flexibility index (Phi) is 3.43. The van der Waals surface area contributed by atoms with Crippen LogP contribution in [0.2, 0.25) is 0 Å². The van der Waals surface area contributed by atoms with Gasteiger partial charge in [0.2, 0.25) is 0 Å². The van der Waals surface area contributed by atoms with Gasteiger partial charge in [0.25, 0.3) is 0 Å². The SMILES string of the molecule is COc1ccc(Br)cc1-c1nc2ccc(Br)cn2c1N. The van der Waals surface area contributed by atoms with E-state index in [1.165, 1.54) is 0 Å². The molecular formula is C14H11Br2N3O. The van der Waals surface area contributed by atoms with Gasteiger partial charge in [-0.15, -0.1) is 0 Å². The number of nitrogens with two attached hydrogens (primary N) is 1. The molecule has 0 amide bonds. The lowest BCUT2D eigenvalue weighted by atomic mass is 10.1. The molecule has 2 heterocycles. The number of fused-ring (bicyclic) bond motifs is 1. The van der Waals surface area contributed by atoms with Crippen LogP contribution in [-0.4, -0.2) is 16.5 Å². The molecule has 6 heteroatoms. The fourth-order valence-electron chi connectivity index (χ4n) is 2.10. The molecule has 0 saturated heterocycles. The number of imidazole rings is 1. The van der Waals surface area contributed by atoms with E-state index >= 15 is 0 Å². The predicted molar refractivity (Wildman–Crippen MR) is 87.0 cm³/mol. The van der Waals surface area contributed by atoms with E-state index < -0.39 is 0 Å². The highest BCUT2D eigenvalue weighted by Crippen LogP contribution is 2.35. The van der Waals surface area contributed by atoms with Crippen LogP contribution in [0, 0.1) is 0 Å². The molecule has 102 valence electrons. The second kappa shape index (κ2) is 5.10. The first-order valence-corrected chi connectivity index (χ1v) is 7.46. The monoisotopic (exact) mass is 395 g/mol. The number of pyridine rings is 1. The Balaban J connectivity index is 2.29. The number of rotatable bonds is 2. The Bertz CT molecular complexity index is 798. The summed E-state index contributed by atoms with van der Waals surface area (Å²) >= 11 is 6.90. The summed E-state index contributed by atoms with van der Waals surface area (Å²) in [7, 11) is 1.63. The molecule has 0 unspecified atom stereocenters. The van der Waals surface area contributed by atoms with Gasteiger partial charge in [-0.2, -0.15) is 0 Å². The van der Waals surface area contributed by atoms with Gasteiger partial charge in [-0.25, -0.2) is 4.98 Å². The molecule has 2 N–H and O–H groups in total. The first kappa shape index (κ1) is 13.5. The number of nitrogen functional groups attached to an aromatic ring is 1. The van der Waals surface area contributed by atoms with E-state index in [9.17, 15) is 0 Å². The smallest absolute Gasteiger partial charge is 0.139 e. The maximum Gasteiger partial charge on any atom is 0.139 e. The number of methoxy groups -OCH3 is 1. The summed E-state index contributed by atoms with van der Waals surface area (Å²) in [5.74, 6) is 1.32. The van der Waals surface area contributed by atoms with Gasteiger partial charge in [0.15, 0.2) is 0 Å². The molecule has 0 aliphatic carbocycles. The standard InChI is InChI=1S/C14H11Br2N3O/c1-20-11-4-2-8(15)6-10(11)13-14(17)19-7-9(16)3-5-12(19)18-13/h2-7H,17H2,1H3. The molecule has 1 aromatic carbocycles. The molecule has 3 aromatic rings. The van der Waals surface area contributed by atoms with Gasteiger partial charge >= 0.3 is 0 Å². The maximum absolute atomic E-state index is 6.22. The minimum absolute atomic E-state index is 0.581. The van der Waals surface area contributed by atoms with Gasteiger partial charge in [-0.1, -0.05) is 15.9 Å². The largest absolute Gasteiger partial charge is 0.496 e. The Morgan fingerprint density at radius 2 is 1.90 bits per heavy atom. The van der Waals surface area contributed by atoms with Crippen LogP contribution >= 0.6 is 31.9 Å². The number of nitrogens with zero attached hydrogens (tertiary/aromatic N) is 2. The Morgan fingerprint density at radius 1 is 1.15 bits per heavy atom. The number of hydrogen-bond donors (Lipinski definition) is 1. The molecule has 2 aromatic heterocycles. The lowest BCUT2D eigenvalue weighted by Crippen LogP contribution is -1.95. The first-order valence-electron chi connectivity index (χ1n) is 5.87. The van der Waals surface area contributed by atoms with E-state index in [0.29, 0.717) is 11.5 Å². The summed E-state index contributed by atoms with van der Waals surface area (Å²) < 4.78 is 9.14. The summed E-state index contributed by atoms with van der Waals surface area (Å²) in [6.07, 6.45) is 1.89. The normalized spacial score (nSPS) is 10.9. The summed E-state index contributed by atoms with van der Waals surface area (Å²) in [4.78, 5) is 4.59. The third-order valence-corrected chi connectivity index (χ3v) is 4.00. The van der Waals surface area contributed by atoms with Gasteiger partial charge in [0.1, 0.15) is 22.9 Å². The van der Waals surface area contributed by atoms with Crippen molar-refractivity contribution in [3.63, 3.8) is 0 Å². The molecule has 0 bridgehead atoms. The van der Waals surface area contributed by atoms with Crippen LogP contribution < -0.4 is 10.5 Å². The summed E-state index contributed by atoms with van der Waals surface area (Å²) in [5.41, 5.74) is 8.59. The van der Waals surface area contributed by atoms with Crippen LogP contribution in [-0.2, 0) is 0 Å². The zero-order valence-electron chi connectivity index (χ0n) is 10.6. The van der Waals surface area contributed by atoms with Crippen molar-refractivity contribution in [3.05, 3.63) is 45.5 Å². The number of benzene rings is 1. The molecule has 0 fully saturated rings. The van der Waals surface area contributed by atoms with Crippen molar-refractivity contribution in [1.29, 1.82) is 0 Å². The minimum atomic E-state index is 0.581. The van der Waals surface area contributed by atoms with Gasteiger partial charge in [-0.3, -0.25) is 4.40 Å². The predicted octanol–water partition coefficient (Wildman–Crippen LogP) is 4.12. The Labute approximate surface area is 132 Å². The van der Waals surface area contributed by atoms with Crippen molar-refractivity contribution >= 4 is 43.3 Å². The van der Waals surface area contributed by atoms with E-state index in [2.05, 4.69) is 36.8 Å². The highest BCUT2D eigenvalue weighted by Gasteiger charge is 2.15. The van der Waals surface area contributed by atoms with Crippen molar-refractivity contribution in [2.45, 2.75) is 0 Å². The quantitative estimate of drug-likeness (QED) is 0.708. The summed E-state index contributed by atoms with van der Waals surface area (Å²) in [6, 6.07) is 9.60. The fraction of sp³-hybridized carbons (Fsp3) is 0.0714. The number of hydrogen-bond acceptors (Lipinski definition) is 3. The van der Waals surface area contributed by atoms with Crippen molar-refractivity contribution in [2.24, 2.45) is 0 Å². The van der Waals surface area contributed by atoms with Crippen molar-refractivity contribution in [3.8, 4) is 17.0 Å². The first-order chi connectivity index (χ1) is 9.60. The molecule has 0 aliphatic rings. The third-order valence-electron chi connectivity index (χ3n) is 3.04. The van der Waals surface area contributed by atoms with E-state index in [1.54, 1.807) is 7.11 Å². The molecular weight excluding hydrogens is 386 g/mol. The average Bonchev–Trinajstić information content (AvgIpc) is 2.76. The summed E-state index contributed by atoms with van der Waals surface area (Å²) in [5, 5.41) is 0. The third kappa shape index (κ3) is 2.19. The van der Waals surface area contributed by atoms with E-state index in [4.69, 9.17) is 10.5 Å². The van der Waals surface area contributed by atoms with Crippen molar-refractivity contribution in [2.75, 3.05) is 12.8 Å². The van der Waals surface area contributed by atoms with Gasteiger partial charge in [-0.05, 0) is 46.3 Å². The lowest BCUT2D eigenvalue weighted by molar-refractivity contribution is 0.416. The number of aromatic nitrogens is 2. The van der Waals surface area contributed by atoms with Crippen LogP contribution in [0.5, 0.6) is 5.75 Å². The van der Waals surface area contributed by atoms with E-state index in [-0.39, 0.29) is 0 Å². The maximum atomic E-state index is 6.22. The zero-order chi connectivity index (χ0) is 14.3. The lowest BCUT2D eigenvalue weighted by Gasteiger charge is -2.07. The van der Waals surface area contributed by atoms with Crippen LogP contribution in [0.3, 0.4) is 0 Å². The molecule has 0 aliphatic heterocycles. The van der Waals surface area contributed by atoms with Gasteiger partial charge < -0.3 is 10.5 Å². The number of halogens is 2. The van der Waals surface area contributed by atoms with Crippen LogP contribution in [0.15, 0.2) is 45.5 Å². The molecule has 0 radical (unpaired) electrons. The van der Waals surface area contributed by atoms with Crippen LogP contribution in [0.4, 0.5) is 5.82 Å². The van der Waals surface area contributed by atoms with Crippen molar-refractivity contribution < 1.29 is 4.74 Å². The summed E-state index contributed by atoms with van der Waals surface area (Å²) in [6.45, 7) is 0. The second-order valence-corrected chi connectivity index (χ2v) is 6.10. The highest BCUT2D eigenvalue weighted by molar-refractivity contribution is 9.10. The van der Waals surface area contributed by atoms with Gasteiger partial charge in [0, 0.05) is 20.7 Å². The van der Waals surface area contributed by atoms with Crippen LogP contribution in [0.25, 0.3) is 16.9 Å².